The van der Waals surface area contributed by atoms with E-state index < -0.39 is 0 Å². The molecule has 5 heterocycles. The van der Waals surface area contributed by atoms with E-state index >= 15 is 0 Å². The Morgan fingerprint density at radius 2 is 2.08 bits per heavy atom. The summed E-state index contributed by atoms with van der Waals surface area (Å²) in [5, 5.41) is 16.1. The van der Waals surface area contributed by atoms with Crippen molar-refractivity contribution in [2.24, 2.45) is 5.92 Å². The lowest BCUT2D eigenvalue weighted by Crippen LogP contribution is -2.51. The van der Waals surface area contributed by atoms with E-state index in [1.165, 1.54) is 0 Å². The van der Waals surface area contributed by atoms with E-state index in [0.717, 1.165) is 36.7 Å². The van der Waals surface area contributed by atoms with E-state index in [1.54, 1.807) is 36.6 Å². The summed E-state index contributed by atoms with van der Waals surface area (Å²) in [5.41, 5.74) is 1.63. The first-order valence-corrected chi connectivity index (χ1v) is 13.1. The molecule has 3 saturated heterocycles. The fourth-order valence-corrected chi connectivity index (χ4v) is 6.39. The number of carbonyl (C=O) groups excluding carboxylic acids is 3. The Bertz CT molecular complexity index is 1310. The number of fused-ring (bicyclic) bond motifs is 3. The van der Waals surface area contributed by atoms with Crippen LogP contribution in [0, 0.1) is 5.92 Å². The molecule has 3 aliphatic rings. The molecular formula is C24H28N8O3S. The maximum Gasteiger partial charge on any atom is 0.272 e. The Labute approximate surface area is 211 Å². The van der Waals surface area contributed by atoms with Crippen LogP contribution in [0.25, 0.3) is 10.9 Å². The minimum atomic E-state index is -0.289. The van der Waals surface area contributed by atoms with E-state index in [-0.39, 0.29) is 29.7 Å². The van der Waals surface area contributed by atoms with Crippen molar-refractivity contribution >= 4 is 50.8 Å². The average Bonchev–Trinajstić information content (AvgIpc) is 3.70. The molecule has 3 N–H and O–H groups in total. The molecule has 0 saturated carbocycles. The van der Waals surface area contributed by atoms with Crippen LogP contribution in [0.3, 0.4) is 0 Å². The summed E-state index contributed by atoms with van der Waals surface area (Å²) in [6, 6.07) is 5.93. The van der Waals surface area contributed by atoms with Crippen LogP contribution >= 0.6 is 11.3 Å². The molecule has 6 rings (SSSR count). The van der Waals surface area contributed by atoms with Gasteiger partial charge < -0.3 is 20.4 Å². The summed E-state index contributed by atoms with van der Waals surface area (Å²) in [6.07, 6.45) is 3.53. The van der Waals surface area contributed by atoms with Crippen LogP contribution in [-0.4, -0.2) is 94.6 Å². The van der Waals surface area contributed by atoms with Crippen LogP contribution in [0.5, 0.6) is 0 Å². The van der Waals surface area contributed by atoms with Crippen LogP contribution in [0.1, 0.15) is 23.3 Å². The highest BCUT2D eigenvalue weighted by Gasteiger charge is 2.46. The van der Waals surface area contributed by atoms with Crippen LogP contribution in [-0.2, 0) is 9.59 Å². The second-order valence-corrected chi connectivity index (χ2v) is 10.6. The number of anilines is 2. The lowest BCUT2D eigenvalue weighted by atomic mass is 10.1. The van der Waals surface area contributed by atoms with Gasteiger partial charge in [-0.25, -0.2) is 4.98 Å². The molecule has 12 heteroatoms. The van der Waals surface area contributed by atoms with Gasteiger partial charge in [0.1, 0.15) is 0 Å². The Morgan fingerprint density at radius 1 is 1.19 bits per heavy atom. The number of hydrogen-bond acceptors (Lipinski definition) is 8. The van der Waals surface area contributed by atoms with Crippen molar-refractivity contribution in [1.82, 2.24) is 30.3 Å². The highest BCUT2D eigenvalue weighted by Crippen LogP contribution is 2.35. The highest BCUT2D eigenvalue weighted by molar-refractivity contribution is 7.13. The summed E-state index contributed by atoms with van der Waals surface area (Å²) >= 11 is 1.65. The zero-order valence-electron chi connectivity index (χ0n) is 19.9. The smallest absolute Gasteiger partial charge is 0.272 e. The van der Waals surface area contributed by atoms with Crippen LogP contribution in [0.4, 0.5) is 10.8 Å². The highest BCUT2D eigenvalue weighted by atomic mass is 32.1. The van der Waals surface area contributed by atoms with Gasteiger partial charge in [0.25, 0.3) is 5.91 Å². The SMILES string of the molecule is CNC(=O)c1n[nH]c2ccc(NC(=O)[C@@H]3CCN(CC(=O)N4C[C@@H]5C[C@H]4CN5c4nccs4)C3)cc12. The predicted octanol–water partition coefficient (Wildman–Crippen LogP) is 1.13. The van der Waals surface area contributed by atoms with Gasteiger partial charge >= 0.3 is 0 Å². The Hall–Kier alpha value is -3.51. The molecule has 36 heavy (non-hydrogen) atoms. The van der Waals surface area contributed by atoms with Crippen molar-refractivity contribution in [3.8, 4) is 0 Å². The third-order valence-corrected chi connectivity index (χ3v) is 8.31. The first-order valence-electron chi connectivity index (χ1n) is 12.2. The van der Waals surface area contributed by atoms with Gasteiger partial charge in [-0.15, -0.1) is 11.3 Å². The summed E-state index contributed by atoms with van der Waals surface area (Å²) in [5.74, 6) is -0.405. The molecule has 3 atom stereocenters. The number of piperazine rings is 1. The number of H-pyrrole nitrogens is 1. The van der Waals surface area contributed by atoms with Crippen molar-refractivity contribution < 1.29 is 14.4 Å². The van der Waals surface area contributed by atoms with Crippen molar-refractivity contribution in [2.45, 2.75) is 24.9 Å². The van der Waals surface area contributed by atoms with Crippen molar-refractivity contribution in [2.75, 3.05) is 50.0 Å². The molecule has 11 nitrogen and oxygen atoms in total. The fourth-order valence-electron chi connectivity index (χ4n) is 5.66. The summed E-state index contributed by atoms with van der Waals surface area (Å²) < 4.78 is 0. The molecule has 2 aromatic heterocycles. The van der Waals surface area contributed by atoms with Gasteiger partial charge in [-0.05, 0) is 37.6 Å². The lowest BCUT2D eigenvalue weighted by molar-refractivity contribution is -0.133. The van der Waals surface area contributed by atoms with Gasteiger partial charge in [-0.3, -0.25) is 24.4 Å². The molecule has 3 fully saturated rings. The van der Waals surface area contributed by atoms with E-state index in [0.29, 0.717) is 42.3 Å². The third kappa shape index (κ3) is 4.09. The number of nitrogens with one attached hydrogen (secondary N) is 3. The third-order valence-electron chi connectivity index (χ3n) is 7.50. The molecule has 188 valence electrons. The number of thiazole rings is 1. The Kier molecular flexibility index (Phi) is 5.84. The van der Waals surface area contributed by atoms with E-state index in [1.807, 2.05) is 16.5 Å². The molecule has 3 aromatic rings. The number of carbonyl (C=O) groups is 3. The molecular weight excluding hydrogens is 480 g/mol. The second-order valence-electron chi connectivity index (χ2n) is 9.68. The number of likely N-dealkylation sites (tertiary alicyclic amines) is 2. The maximum atomic E-state index is 13.1. The van der Waals surface area contributed by atoms with Gasteiger partial charge in [-0.2, -0.15) is 5.10 Å². The summed E-state index contributed by atoms with van der Waals surface area (Å²) in [6.45, 7) is 3.22. The molecule has 3 aliphatic heterocycles. The Morgan fingerprint density at radius 3 is 2.83 bits per heavy atom. The van der Waals surface area contributed by atoms with Crippen LogP contribution < -0.4 is 15.5 Å². The molecule has 3 amide bonds. The lowest BCUT2D eigenvalue weighted by Gasteiger charge is -2.34. The van der Waals surface area contributed by atoms with Crippen molar-refractivity contribution in [1.29, 1.82) is 0 Å². The monoisotopic (exact) mass is 508 g/mol. The van der Waals surface area contributed by atoms with E-state index in [2.05, 4.69) is 35.6 Å². The van der Waals surface area contributed by atoms with Crippen LogP contribution in [0.2, 0.25) is 0 Å². The van der Waals surface area contributed by atoms with Gasteiger partial charge in [0.2, 0.25) is 11.8 Å². The van der Waals surface area contributed by atoms with Crippen molar-refractivity contribution in [3.05, 3.63) is 35.5 Å². The topological polar surface area (TPSA) is 127 Å². The number of benzene rings is 1. The number of amides is 3. The summed E-state index contributed by atoms with van der Waals surface area (Å²) in [4.78, 5) is 48.9. The maximum absolute atomic E-state index is 13.1. The predicted molar refractivity (Wildman–Crippen MR) is 136 cm³/mol. The summed E-state index contributed by atoms with van der Waals surface area (Å²) in [7, 11) is 1.55. The first-order chi connectivity index (χ1) is 17.5. The standard InChI is InChI=1S/C24H28N8O3S/c1-25-23(35)21-18-8-15(2-3-19(18)28-29-21)27-22(34)14-4-6-30(10-14)13-20(33)31-11-17-9-16(31)12-32(17)24-26-5-7-36-24/h2-3,5,7-8,14,16-17H,4,6,9-13H2,1H3,(H,25,35)(H,27,34)(H,28,29)/t14-,16+,17+/m1/s1. The quantitative estimate of drug-likeness (QED) is 0.456. The number of aromatic amines is 1. The fraction of sp³-hybridized carbons (Fsp3) is 0.458. The minimum absolute atomic E-state index is 0.0754. The number of aromatic nitrogens is 3. The van der Waals surface area contributed by atoms with Gasteiger partial charge in [0, 0.05) is 49.3 Å². The van der Waals surface area contributed by atoms with Gasteiger partial charge in [0.05, 0.1) is 30.1 Å². The number of nitrogens with zero attached hydrogens (tertiary/aromatic N) is 5. The van der Waals surface area contributed by atoms with Crippen LogP contribution in [0.15, 0.2) is 29.8 Å². The molecule has 0 spiro atoms. The molecule has 0 unspecified atom stereocenters. The minimum Gasteiger partial charge on any atom is -0.354 e. The van der Waals surface area contributed by atoms with E-state index in [4.69, 9.17) is 0 Å². The van der Waals surface area contributed by atoms with Gasteiger partial charge in [0.15, 0.2) is 10.8 Å². The van der Waals surface area contributed by atoms with Gasteiger partial charge in [-0.1, -0.05) is 0 Å². The molecule has 0 aliphatic carbocycles. The average molecular weight is 509 g/mol. The molecule has 2 bridgehead atoms. The zero-order chi connectivity index (χ0) is 24.8. The number of hydrogen-bond donors (Lipinski definition) is 3. The largest absolute Gasteiger partial charge is 0.354 e. The zero-order valence-corrected chi connectivity index (χ0v) is 20.8. The Balaban J connectivity index is 1.03. The second kappa shape index (κ2) is 9.17. The van der Waals surface area contributed by atoms with E-state index in [9.17, 15) is 14.4 Å². The van der Waals surface area contributed by atoms with Crippen molar-refractivity contribution in [3.63, 3.8) is 0 Å². The normalized spacial score (nSPS) is 23.5. The molecule has 1 aromatic carbocycles. The first kappa shape index (κ1) is 22.9. The molecule has 0 radical (unpaired) electrons. The number of rotatable bonds is 6.